The third-order valence-corrected chi connectivity index (χ3v) is 4.64. The first-order chi connectivity index (χ1) is 10.1. The molecule has 4 nitrogen and oxygen atoms in total. The molecule has 3 rings (SSSR count). The fourth-order valence-corrected chi connectivity index (χ4v) is 3.13. The molecule has 0 unspecified atom stereocenters. The molecule has 2 saturated carbocycles. The lowest BCUT2D eigenvalue weighted by molar-refractivity contribution is -0.137. The summed E-state index contributed by atoms with van der Waals surface area (Å²) in [4.78, 5) is 11.2. The summed E-state index contributed by atoms with van der Waals surface area (Å²) in [6.45, 7) is 0.646. The van der Waals surface area contributed by atoms with Crippen molar-refractivity contribution in [2.24, 2.45) is 5.92 Å². The van der Waals surface area contributed by atoms with Gasteiger partial charge in [-0.05, 0) is 43.7 Å². The van der Waals surface area contributed by atoms with Crippen LogP contribution in [0.3, 0.4) is 0 Å². The van der Waals surface area contributed by atoms with Gasteiger partial charge in [0.25, 0.3) is 0 Å². The Labute approximate surface area is 129 Å². The molecule has 21 heavy (non-hydrogen) atoms. The molecule has 0 spiro atoms. The van der Waals surface area contributed by atoms with Crippen molar-refractivity contribution in [1.82, 2.24) is 0 Å². The van der Waals surface area contributed by atoms with Crippen LogP contribution in [0.15, 0.2) is 12.1 Å². The largest absolute Gasteiger partial charge is 0.493 e. The van der Waals surface area contributed by atoms with Crippen LogP contribution in [0.4, 0.5) is 0 Å². The van der Waals surface area contributed by atoms with E-state index in [-0.39, 0.29) is 6.42 Å². The van der Waals surface area contributed by atoms with E-state index in [0.29, 0.717) is 29.0 Å². The number of rotatable bonds is 7. The lowest BCUT2D eigenvalue weighted by atomic mass is 9.91. The highest BCUT2D eigenvalue weighted by Gasteiger charge is 2.49. The highest BCUT2D eigenvalue weighted by Crippen LogP contribution is 2.58. The lowest BCUT2D eigenvalue weighted by Gasteiger charge is -2.22. The number of carbonyl (C=O) groups is 1. The molecular formula is C16H19ClO4. The maximum absolute atomic E-state index is 11.2. The molecule has 0 aliphatic heterocycles. The summed E-state index contributed by atoms with van der Waals surface area (Å²) in [5.74, 6) is 1.07. The van der Waals surface area contributed by atoms with E-state index in [0.717, 1.165) is 18.4 Å². The predicted octanol–water partition coefficient (Wildman–Crippen LogP) is 3.64. The van der Waals surface area contributed by atoms with Crippen LogP contribution in [0, 0.1) is 5.92 Å². The van der Waals surface area contributed by atoms with Crippen LogP contribution in [0.1, 0.15) is 37.7 Å². The zero-order valence-electron chi connectivity index (χ0n) is 12.0. The van der Waals surface area contributed by atoms with Crippen LogP contribution in [0.25, 0.3) is 0 Å². The standard InChI is InChI=1S/C16H19ClO4/c1-20-12-5-4-11(17)14(15(12)21-9-10-2-3-10)16(6-7-16)8-13(18)19/h4-5,10H,2-3,6-9H2,1H3,(H,18,19). The van der Waals surface area contributed by atoms with Crippen molar-refractivity contribution in [3.05, 3.63) is 22.7 Å². The Morgan fingerprint density at radius 2 is 2.14 bits per heavy atom. The Kier molecular flexibility index (Phi) is 3.74. The lowest BCUT2D eigenvalue weighted by Crippen LogP contribution is -2.16. The van der Waals surface area contributed by atoms with Crippen LogP contribution in [-0.4, -0.2) is 24.8 Å². The van der Waals surface area contributed by atoms with Crippen LogP contribution in [-0.2, 0) is 10.2 Å². The highest BCUT2D eigenvalue weighted by atomic mass is 35.5. The van der Waals surface area contributed by atoms with E-state index in [9.17, 15) is 9.90 Å². The maximum atomic E-state index is 11.2. The molecule has 2 aliphatic carbocycles. The smallest absolute Gasteiger partial charge is 0.304 e. The second kappa shape index (κ2) is 5.41. The summed E-state index contributed by atoms with van der Waals surface area (Å²) in [7, 11) is 1.59. The second-order valence-electron chi connectivity index (χ2n) is 6.06. The molecule has 1 N–H and O–H groups in total. The third kappa shape index (κ3) is 2.95. The minimum absolute atomic E-state index is 0.0830. The molecule has 2 aliphatic rings. The van der Waals surface area contributed by atoms with Gasteiger partial charge in [-0.15, -0.1) is 0 Å². The van der Waals surface area contributed by atoms with E-state index in [1.54, 1.807) is 19.2 Å². The van der Waals surface area contributed by atoms with E-state index >= 15 is 0 Å². The molecule has 0 heterocycles. The first kappa shape index (κ1) is 14.5. The summed E-state index contributed by atoms with van der Waals surface area (Å²) in [5, 5.41) is 9.74. The van der Waals surface area contributed by atoms with Crippen molar-refractivity contribution >= 4 is 17.6 Å². The molecule has 1 aromatic rings. The highest BCUT2D eigenvalue weighted by molar-refractivity contribution is 6.31. The van der Waals surface area contributed by atoms with Gasteiger partial charge in [0.2, 0.25) is 0 Å². The topological polar surface area (TPSA) is 55.8 Å². The Hall–Kier alpha value is -1.42. The number of benzene rings is 1. The van der Waals surface area contributed by atoms with Crippen LogP contribution < -0.4 is 9.47 Å². The summed E-state index contributed by atoms with van der Waals surface area (Å²) in [6.07, 6.45) is 4.12. The Balaban J connectivity index is 1.97. The van der Waals surface area contributed by atoms with E-state index < -0.39 is 11.4 Å². The normalized spacial score (nSPS) is 19.1. The first-order valence-electron chi connectivity index (χ1n) is 7.27. The summed E-state index contributed by atoms with van der Waals surface area (Å²) < 4.78 is 11.4. The molecule has 0 atom stereocenters. The van der Waals surface area contributed by atoms with Gasteiger partial charge >= 0.3 is 5.97 Å². The number of aliphatic carboxylic acids is 1. The van der Waals surface area contributed by atoms with Gasteiger partial charge in [0.1, 0.15) is 0 Å². The second-order valence-corrected chi connectivity index (χ2v) is 6.47. The third-order valence-electron chi connectivity index (χ3n) is 4.32. The number of halogens is 1. The Bertz CT molecular complexity index is 562. The first-order valence-corrected chi connectivity index (χ1v) is 7.65. The predicted molar refractivity (Wildman–Crippen MR) is 79.4 cm³/mol. The van der Waals surface area contributed by atoms with Gasteiger partial charge in [0.05, 0.1) is 20.1 Å². The monoisotopic (exact) mass is 310 g/mol. The van der Waals surface area contributed by atoms with Gasteiger partial charge < -0.3 is 14.6 Å². The van der Waals surface area contributed by atoms with Gasteiger partial charge in [-0.25, -0.2) is 0 Å². The SMILES string of the molecule is COc1ccc(Cl)c(C2(CC(=O)O)CC2)c1OCC1CC1. The molecule has 0 amide bonds. The molecule has 5 heteroatoms. The van der Waals surface area contributed by atoms with Crippen molar-refractivity contribution in [2.75, 3.05) is 13.7 Å². The number of ether oxygens (including phenoxy) is 2. The van der Waals surface area contributed by atoms with Crippen molar-refractivity contribution in [3.63, 3.8) is 0 Å². The summed E-state index contributed by atoms with van der Waals surface area (Å²) in [6, 6.07) is 3.55. The van der Waals surface area contributed by atoms with Gasteiger partial charge in [-0.3, -0.25) is 4.79 Å². The van der Waals surface area contributed by atoms with Crippen molar-refractivity contribution in [2.45, 2.75) is 37.5 Å². The molecule has 0 saturated heterocycles. The van der Waals surface area contributed by atoms with Gasteiger partial charge in [0, 0.05) is 16.0 Å². The number of hydrogen-bond donors (Lipinski definition) is 1. The van der Waals surface area contributed by atoms with E-state index in [1.807, 2.05) is 0 Å². The molecule has 1 aromatic carbocycles. The van der Waals surface area contributed by atoms with Crippen molar-refractivity contribution in [3.8, 4) is 11.5 Å². The fourth-order valence-electron chi connectivity index (χ4n) is 2.78. The minimum atomic E-state index is -0.806. The van der Waals surface area contributed by atoms with Crippen LogP contribution in [0.5, 0.6) is 11.5 Å². The number of carboxylic acid groups (broad SMARTS) is 1. The van der Waals surface area contributed by atoms with Crippen molar-refractivity contribution in [1.29, 1.82) is 0 Å². The quantitative estimate of drug-likeness (QED) is 0.835. The van der Waals surface area contributed by atoms with E-state index in [4.69, 9.17) is 21.1 Å². The van der Waals surface area contributed by atoms with E-state index in [2.05, 4.69) is 0 Å². The Morgan fingerprint density at radius 1 is 1.43 bits per heavy atom. The molecule has 114 valence electrons. The fraction of sp³-hybridized carbons (Fsp3) is 0.562. The molecular weight excluding hydrogens is 292 g/mol. The van der Waals surface area contributed by atoms with E-state index in [1.165, 1.54) is 12.8 Å². The molecule has 2 fully saturated rings. The average molecular weight is 311 g/mol. The van der Waals surface area contributed by atoms with Crippen molar-refractivity contribution < 1.29 is 19.4 Å². The number of carboxylic acids is 1. The number of hydrogen-bond acceptors (Lipinski definition) is 3. The molecule has 0 radical (unpaired) electrons. The average Bonchev–Trinajstić information content (AvgIpc) is 3.32. The summed E-state index contributed by atoms with van der Waals surface area (Å²) in [5.41, 5.74) is 0.419. The zero-order chi connectivity index (χ0) is 15.0. The molecule has 0 aromatic heterocycles. The van der Waals surface area contributed by atoms with Gasteiger partial charge in [-0.2, -0.15) is 0 Å². The van der Waals surface area contributed by atoms with Gasteiger partial charge in [0.15, 0.2) is 11.5 Å². The Morgan fingerprint density at radius 3 is 2.67 bits per heavy atom. The summed E-state index contributed by atoms with van der Waals surface area (Å²) >= 11 is 6.37. The minimum Gasteiger partial charge on any atom is -0.493 e. The van der Waals surface area contributed by atoms with Crippen LogP contribution in [0.2, 0.25) is 5.02 Å². The van der Waals surface area contributed by atoms with Gasteiger partial charge in [-0.1, -0.05) is 11.6 Å². The number of methoxy groups -OCH3 is 1. The van der Waals surface area contributed by atoms with Crippen LogP contribution >= 0.6 is 11.6 Å². The maximum Gasteiger partial charge on any atom is 0.304 e. The zero-order valence-corrected chi connectivity index (χ0v) is 12.8. The molecule has 0 bridgehead atoms.